The maximum Gasteiger partial charge on any atom is 0.419 e. The van der Waals surface area contributed by atoms with Gasteiger partial charge in [-0.2, -0.15) is 18.3 Å². The topological polar surface area (TPSA) is 65.7 Å². The van der Waals surface area contributed by atoms with Gasteiger partial charge in [-0.05, 0) is 51.5 Å². The molecule has 0 amide bonds. The number of carbonyl (C=O) groups is 1. The standard InChI is InChI=1S/C26H23F4N3O3/c1-15-6-5-7-16(10-15)13-35-21-12-20(17-8-9-19(27)18(11-17)26(28,29)30)33-23(31-14-32-33)22(21)24(34)36-25(2,3)4/h5-12,14H,13H2,1-4H3. The number of fused-ring (bicyclic) bond motifs is 1. The summed E-state index contributed by atoms with van der Waals surface area (Å²) in [4.78, 5) is 17.3. The lowest BCUT2D eigenvalue weighted by Crippen LogP contribution is -2.25. The van der Waals surface area contributed by atoms with Crippen LogP contribution in [0, 0.1) is 12.7 Å². The summed E-state index contributed by atoms with van der Waals surface area (Å²) in [6, 6.07) is 11.5. The minimum Gasteiger partial charge on any atom is -0.488 e. The molecule has 0 N–H and O–H groups in total. The Kier molecular flexibility index (Phi) is 6.46. The van der Waals surface area contributed by atoms with Crippen molar-refractivity contribution in [2.75, 3.05) is 0 Å². The van der Waals surface area contributed by atoms with Crippen molar-refractivity contribution in [1.82, 2.24) is 14.6 Å². The molecule has 4 aromatic rings. The van der Waals surface area contributed by atoms with Gasteiger partial charge in [-0.1, -0.05) is 29.8 Å². The number of esters is 1. The van der Waals surface area contributed by atoms with Gasteiger partial charge in [0.2, 0.25) is 0 Å². The highest BCUT2D eigenvalue weighted by atomic mass is 19.4. The van der Waals surface area contributed by atoms with Crippen LogP contribution in [0.2, 0.25) is 0 Å². The molecule has 0 unspecified atom stereocenters. The van der Waals surface area contributed by atoms with Gasteiger partial charge in [-0.15, -0.1) is 0 Å². The van der Waals surface area contributed by atoms with Crippen molar-refractivity contribution in [3.63, 3.8) is 0 Å². The molecule has 0 atom stereocenters. The van der Waals surface area contributed by atoms with Gasteiger partial charge in [0, 0.05) is 11.6 Å². The van der Waals surface area contributed by atoms with Crippen LogP contribution in [0.3, 0.4) is 0 Å². The second kappa shape index (κ2) is 9.25. The number of carbonyl (C=O) groups excluding carboxylic acids is 1. The van der Waals surface area contributed by atoms with Gasteiger partial charge >= 0.3 is 12.1 Å². The fourth-order valence-electron chi connectivity index (χ4n) is 3.66. The number of aryl methyl sites for hydroxylation is 1. The average Bonchev–Trinajstić information content (AvgIpc) is 3.25. The Morgan fingerprint density at radius 3 is 2.47 bits per heavy atom. The van der Waals surface area contributed by atoms with E-state index < -0.39 is 29.1 Å². The van der Waals surface area contributed by atoms with E-state index in [4.69, 9.17) is 9.47 Å². The first-order valence-corrected chi connectivity index (χ1v) is 11.0. The highest BCUT2D eigenvalue weighted by Gasteiger charge is 2.35. The molecule has 0 saturated carbocycles. The molecule has 188 valence electrons. The van der Waals surface area contributed by atoms with E-state index in [2.05, 4.69) is 10.1 Å². The van der Waals surface area contributed by atoms with Crippen LogP contribution in [0.1, 0.15) is 47.8 Å². The van der Waals surface area contributed by atoms with Crippen LogP contribution in [0.15, 0.2) is 54.9 Å². The normalized spacial score (nSPS) is 12.1. The molecule has 10 heteroatoms. The lowest BCUT2D eigenvalue weighted by molar-refractivity contribution is -0.139. The van der Waals surface area contributed by atoms with E-state index in [9.17, 15) is 22.4 Å². The number of ether oxygens (including phenoxy) is 2. The van der Waals surface area contributed by atoms with Gasteiger partial charge in [0.25, 0.3) is 0 Å². The third-order valence-corrected chi connectivity index (χ3v) is 5.16. The van der Waals surface area contributed by atoms with E-state index in [1.54, 1.807) is 20.8 Å². The molecule has 0 aliphatic heterocycles. The molecule has 0 radical (unpaired) electrons. The summed E-state index contributed by atoms with van der Waals surface area (Å²) in [5, 5.41) is 4.09. The quantitative estimate of drug-likeness (QED) is 0.234. The van der Waals surface area contributed by atoms with Gasteiger partial charge in [0.15, 0.2) is 5.65 Å². The molecular weight excluding hydrogens is 478 g/mol. The highest BCUT2D eigenvalue weighted by Crippen LogP contribution is 2.37. The van der Waals surface area contributed by atoms with E-state index in [0.29, 0.717) is 6.07 Å². The molecule has 0 aliphatic rings. The zero-order valence-corrected chi connectivity index (χ0v) is 20.0. The number of rotatable bonds is 5. The lowest BCUT2D eigenvalue weighted by atomic mass is 10.0. The van der Waals surface area contributed by atoms with Crippen molar-refractivity contribution in [3.8, 4) is 17.0 Å². The molecule has 0 aliphatic carbocycles. The van der Waals surface area contributed by atoms with Crippen LogP contribution in [-0.4, -0.2) is 26.2 Å². The van der Waals surface area contributed by atoms with Crippen molar-refractivity contribution >= 4 is 11.6 Å². The minimum absolute atomic E-state index is 0.00960. The Bertz CT molecular complexity index is 1440. The van der Waals surface area contributed by atoms with Gasteiger partial charge in [-0.3, -0.25) is 0 Å². The summed E-state index contributed by atoms with van der Waals surface area (Å²) in [7, 11) is 0. The van der Waals surface area contributed by atoms with E-state index in [-0.39, 0.29) is 34.8 Å². The molecular formula is C26H23F4N3O3. The Morgan fingerprint density at radius 2 is 1.81 bits per heavy atom. The van der Waals surface area contributed by atoms with Crippen LogP contribution in [0.25, 0.3) is 16.9 Å². The van der Waals surface area contributed by atoms with Crippen molar-refractivity contribution in [1.29, 1.82) is 0 Å². The maximum absolute atomic E-state index is 13.9. The van der Waals surface area contributed by atoms with Crippen LogP contribution in [-0.2, 0) is 17.5 Å². The molecule has 2 aromatic heterocycles. The zero-order valence-electron chi connectivity index (χ0n) is 20.0. The first-order valence-electron chi connectivity index (χ1n) is 11.0. The van der Waals surface area contributed by atoms with E-state index >= 15 is 0 Å². The Balaban J connectivity index is 1.89. The second-order valence-corrected chi connectivity index (χ2v) is 9.24. The summed E-state index contributed by atoms with van der Waals surface area (Å²) in [6.45, 7) is 7.08. The van der Waals surface area contributed by atoms with Crippen LogP contribution in [0.4, 0.5) is 17.6 Å². The third kappa shape index (κ3) is 5.32. The number of halogens is 4. The van der Waals surface area contributed by atoms with Crippen molar-refractivity contribution in [2.45, 2.75) is 46.1 Å². The number of hydrogen-bond acceptors (Lipinski definition) is 5. The number of benzene rings is 2. The Hall–Kier alpha value is -3.95. The van der Waals surface area contributed by atoms with E-state index in [0.717, 1.165) is 23.5 Å². The van der Waals surface area contributed by atoms with Crippen LogP contribution in [0.5, 0.6) is 5.75 Å². The van der Waals surface area contributed by atoms with Gasteiger partial charge in [0.05, 0.1) is 11.3 Å². The predicted molar refractivity (Wildman–Crippen MR) is 124 cm³/mol. The highest BCUT2D eigenvalue weighted by molar-refractivity contribution is 6.00. The van der Waals surface area contributed by atoms with Crippen LogP contribution < -0.4 is 4.74 Å². The zero-order chi connectivity index (χ0) is 26.3. The summed E-state index contributed by atoms with van der Waals surface area (Å²) in [6.07, 6.45) is -3.74. The largest absolute Gasteiger partial charge is 0.488 e. The predicted octanol–water partition coefficient (Wildman–Crippen LogP) is 6.40. The summed E-state index contributed by atoms with van der Waals surface area (Å²) < 4.78 is 66.8. The van der Waals surface area contributed by atoms with Crippen LogP contribution >= 0.6 is 0 Å². The summed E-state index contributed by atoms with van der Waals surface area (Å²) in [5.41, 5.74) is -0.311. The fourth-order valence-corrected chi connectivity index (χ4v) is 3.66. The van der Waals surface area contributed by atoms with Crippen molar-refractivity contribution in [2.24, 2.45) is 0 Å². The van der Waals surface area contributed by atoms with Gasteiger partial charge < -0.3 is 9.47 Å². The molecule has 4 rings (SSSR count). The monoisotopic (exact) mass is 501 g/mol. The van der Waals surface area contributed by atoms with Gasteiger partial charge in [-0.25, -0.2) is 18.7 Å². The third-order valence-electron chi connectivity index (χ3n) is 5.16. The Labute approximate surface area is 204 Å². The summed E-state index contributed by atoms with van der Waals surface area (Å²) in [5.74, 6) is -2.09. The molecule has 6 nitrogen and oxygen atoms in total. The van der Waals surface area contributed by atoms with E-state index in [1.165, 1.54) is 16.6 Å². The number of nitrogens with zero attached hydrogens (tertiary/aromatic N) is 3. The lowest BCUT2D eigenvalue weighted by Gasteiger charge is -2.21. The second-order valence-electron chi connectivity index (χ2n) is 9.24. The van der Waals surface area contributed by atoms with E-state index in [1.807, 2.05) is 31.2 Å². The number of hydrogen-bond donors (Lipinski definition) is 0. The first kappa shape index (κ1) is 25.2. The molecule has 2 heterocycles. The molecule has 36 heavy (non-hydrogen) atoms. The molecule has 0 spiro atoms. The molecule has 0 fully saturated rings. The maximum atomic E-state index is 13.9. The molecule has 2 aromatic carbocycles. The van der Waals surface area contributed by atoms with Crippen molar-refractivity contribution < 1.29 is 31.8 Å². The average molecular weight is 501 g/mol. The first-order chi connectivity index (χ1) is 16.8. The Morgan fingerprint density at radius 1 is 1.06 bits per heavy atom. The molecule has 0 saturated heterocycles. The smallest absolute Gasteiger partial charge is 0.419 e. The summed E-state index contributed by atoms with van der Waals surface area (Å²) >= 11 is 0. The molecule has 0 bridgehead atoms. The number of aromatic nitrogens is 3. The van der Waals surface area contributed by atoms with Crippen molar-refractivity contribution in [3.05, 3.63) is 82.9 Å². The van der Waals surface area contributed by atoms with Gasteiger partial charge in [0.1, 0.15) is 35.7 Å². The number of pyridine rings is 1. The SMILES string of the molecule is Cc1cccc(COc2cc(-c3ccc(F)c(C(F)(F)F)c3)n3ncnc3c2C(=O)OC(C)(C)C)c1. The fraction of sp³-hybridized carbons (Fsp3) is 0.269. The minimum atomic E-state index is -4.90. The number of alkyl halides is 3.